The summed E-state index contributed by atoms with van der Waals surface area (Å²) >= 11 is 6.21. The van der Waals surface area contributed by atoms with E-state index in [2.05, 4.69) is 5.32 Å². The van der Waals surface area contributed by atoms with Crippen LogP contribution in [0, 0.1) is 5.82 Å². The third-order valence-electron chi connectivity index (χ3n) is 6.63. The number of fused-ring (bicyclic) bond motifs is 1. The summed E-state index contributed by atoms with van der Waals surface area (Å²) in [7, 11) is -4.40. The molecule has 3 aromatic carbocycles. The van der Waals surface area contributed by atoms with E-state index in [1.807, 2.05) is 0 Å². The second-order valence-electron chi connectivity index (χ2n) is 11.1. The molecule has 0 aromatic heterocycles. The molecule has 12 heteroatoms. The van der Waals surface area contributed by atoms with Gasteiger partial charge in [0.15, 0.2) is 9.84 Å². The van der Waals surface area contributed by atoms with Crippen LogP contribution in [0.15, 0.2) is 65.6 Å². The van der Waals surface area contributed by atoms with Gasteiger partial charge in [-0.15, -0.1) is 0 Å². The number of rotatable bonds is 6. The smallest absolute Gasteiger partial charge is 0.416 e. The first-order chi connectivity index (χ1) is 20.0. The van der Waals surface area contributed by atoms with E-state index < -0.39 is 55.3 Å². The highest BCUT2D eigenvalue weighted by molar-refractivity contribution is 7.91. The maximum absolute atomic E-state index is 14.5. The lowest BCUT2D eigenvalue weighted by atomic mass is 9.97. The number of carbonyl (C=O) groups excluding carboxylic acids is 1. The molecule has 1 aliphatic rings. The van der Waals surface area contributed by atoms with E-state index in [0.29, 0.717) is 17.2 Å². The minimum Gasteiger partial charge on any atom is -0.488 e. The molecule has 3 aromatic rings. The molecule has 0 saturated carbocycles. The van der Waals surface area contributed by atoms with Crippen LogP contribution in [0.1, 0.15) is 61.6 Å². The summed E-state index contributed by atoms with van der Waals surface area (Å²) in [4.78, 5) is 11.7. The van der Waals surface area contributed by atoms with Crippen molar-refractivity contribution in [2.75, 3.05) is 6.54 Å². The first kappa shape index (κ1) is 32.3. The van der Waals surface area contributed by atoms with Crippen molar-refractivity contribution in [1.82, 2.24) is 5.32 Å². The van der Waals surface area contributed by atoms with E-state index >= 15 is 0 Å². The van der Waals surface area contributed by atoms with Gasteiger partial charge in [0.25, 0.3) is 0 Å². The highest BCUT2D eigenvalue weighted by Gasteiger charge is 2.40. The van der Waals surface area contributed by atoms with Gasteiger partial charge in [-0.1, -0.05) is 35.9 Å². The maximum Gasteiger partial charge on any atom is 0.416 e. The molecule has 1 amide bonds. The summed E-state index contributed by atoms with van der Waals surface area (Å²) in [6.45, 7) is 6.59. The molecule has 6 nitrogen and oxygen atoms in total. The van der Waals surface area contributed by atoms with Gasteiger partial charge in [0.2, 0.25) is 0 Å². The average molecular weight is 640 g/mol. The topological polar surface area (TPSA) is 81.7 Å². The Hall–Kier alpha value is -3.57. The van der Waals surface area contributed by atoms with Crippen LogP contribution >= 0.6 is 11.6 Å². The van der Waals surface area contributed by atoms with E-state index in [4.69, 9.17) is 21.1 Å². The molecular weight excluding hydrogens is 610 g/mol. The lowest BCUT2D eigenvalue weighted by Crippen LogP contribution is -2.41. The molecule has 0 aliphatic carbocycles. The molecule has 4 rings (SSSR count). The SMILES string of the molecule is CC(=Cc1ccc2c(c1)C(S(=O)(=O)c1cccc(C(F)(F)F)c1)CC(CNC(=O)OC(C)(C)C)O2)c1c(F)cccc1Cl. The lowest BCUT2D eigenvalue weighted by molar-refractivity contribution is -0.137. The van der Waals surface area contributed by atoms with Crippen molar-refractivity contribution in [3.05, 3.63) is 93.8 Å². The average Bonchev–Trinajstić information content (AvgIpc) is 2.90. The normalized spacial score (nSPS) is 17.6. The summed E-state index contributed by atoms with van der Waals surface area (Å²) in [5.41, 5.74) is -0.510. The van der Waals surface area contributed by atoms with Gasteiger partial charge in [-0.05, 0) is 81.3 Å². The van der Waals surface area contributed by atoms with Crippen molar-refractivity contribution in [2.45, 2.75) is 62.1 Å². The number of halogens is 5. The number of hydrogen-bond acceptors (Lipinski definition) is 5. The zero-order chi connectivity index (χ0) is 31.7. The summed E-state index contributed by atoms with van der Waals surface area (Å²) in [5, 5.41) is 1.43. The number of sulfone groups is 1. The van der Waals surface area contributed by atoms with Gasteiger partial charge in [-0.3, -0.25) is 0 Å². The van der Waals surface area contributed by atoms with E-state index in [0.717, 1.165) is 18.2 Å². The van der Waals surface area contributed by atoms with E-state index in [1.165, 1.54) is 18.2 Å². The van der Waals surface area contributed by atoms with Crippen molar-refractivity contribution in [3.8, 4) is 5.75 Å². The Kier molecular flexibility index (Phi) is 9.18. The van der Waals surface area contributed by atoms with Crippen LogP contribution in [0.5, 0.6) is 5.75 Å². The number of nitrogens with one attached hydrogen (secondary N) is 1. The summed E-state index contributed by atoms with van der Waals surface area (Å²) in [6, 6.07) is 12.5. The molecule has 1 heterocycles. The third kappa shape index (κ3) is 7.69. The van der Waals surface area contributed by atoms with Crippen LogP contribution in [-0.4, -0.2) is 32.8 Å². The van der Waals surface area contributed by atoms with Gasteiger partial charge < -0.3 is 14.8 Å². The predicted molar refractivity (Wildman–Crippen MR) is 156 cm³/mol. The number of allylic oxidation sites excluding steroid dienone is 1. The fourth-order valence-corrected chi connectivity index (χ4v) is 6.94. The van der Waals surface area contributed by atoms with Gasteiger partial charge in [-0.25, -0.2) is 17.6 Å². The molecule has 1 N–H and O–H groups in total. The number of hydrogen-bond donors (Lipinski definition) is 1. The van der Waals surface area contributed by atoms with Crippen molar-refractivity contribution < 1.29 is 40.2 Å². The van der Waals surface area contributed by atoms with Gasteiger partial charge >= 0.3 is 12.3 Å². The monoisotopic (exact) mass is 639 g/mol. The van der Waals surface area contributed by atoms with E-state index in [1.54, 1.807) is 52.0 Å². The molecule has 0 bridgehead atoms. The van der Waals surface area contributed by atoms with Crippen molar-refractivity contribution in [1.29, 1.82) is 0 Å². The van der Waals surface area contributed by atoms with Gasteiger partial charge in [0.1, 0.15) is 23.3 Å². The van der Waals surface area contributed by atoms with Gasteiger partial charge in [-0.2, -0.15) is 13.2 Å². The zero-order valence-electron chi connectivity index (χ0n) is 23.8. The highest BCUT2D eigenvalue weighted by Crippen LogP contribution is 2.44. The Labute approximate surface area is 252 Å². The summed E-state index contributed by atoms with van der Waals surface area (Å²) in [5.74, 6) is -0.352. The lowest BCUT2D eigenvalue weighted by Gasteiger charge is -2.32. The minimum atomic E-state index is -4.75. The van der Waals surface area contributed by atoms with Gasteiger partial charge in [0, 0.05) is 17.5 Å². The standard InChI is InChI=1S/C31H30ClF4NO5S/c1-18(28-24(32)9-6-10-25(28)33)13-19-11-12-26-23(14-19)27(16-21(41-26)17-37-29(38)42-30(2,3)4)43(39,40)22-8-5-7-20(15-22)31(34,35)36/h5-15,21,27H,16-17H2,1-4H3,(H,37,38). The van der Waals surface area contributed by atoms with Crippen LogP contribution < -0.4 is 10.1 Å². The van der Waals surface area contributed by atoms with Crippen molar-refractivity contribution >= 4 is 39.2 Å². The second-order valence-corrected chi connectivity index (χ2v) is 13.7. The number of alkyl halides is 3. The second kappa shape index (κ2) is 12.2. The van der Waals surface area contributed by atoms with Crippen LogP contribution in [0.3, 0.4) is 0 Å². The van der Waals surface area contributed by atoms with Crippen LogP contribution in [0.4, 0.5) is 22.4 Å². The Morgan fingerprint density at radius 1 is 1.09 bits per heavy atom. The maximum atomic E-state index is 14.5. The van der Waals surface area contributed by atoms with Crippen LogP contribution in [0.2, 0.25) is 5.02 Å². The van der Waals surface area contributed by atoms with E-state index in [9.17, 15) is 30.8 Å². The Morgan fingerprint density at radius 3 is 2.44 bits per heavy atom. The summed E-state index contributed by atoms with van der Waals surface area (Å²) < 4.78 is 94.0. The first-order valence-electron chi connectivity index (χ1n) is 13.3. The molecular formula is C31H30ClF4NO5S. The molecule has 230 valence electrons. The highest BCUT2D eigenvalue weighted by atomic mass is 35.5. The number of carbonyl (C=O) groups is 1. The predicted octanol–water partition coefficient (Wildman–Crippen LogP) is 8.25. The number of ether oxygens (including phenoxy) is 2. The number of amides is 1. The fraction of sp³-hybridized carbons (Fsp3) is 0.323. The molecule has 0 radical (unpaired) electrons. The molecule has 0 spiro atoms. The van der Waals surface area contributed by atoms with Crippen LogP contribution in [0.25, 0.3) is 11.6 Å². The number of benzene rings is 3. The van der Waals surface area contributed by atoms with Crippen LogP contribution in [-0.2, 0) is 20.8 Å². The summed E-state index contributed by atoms with van der Waals surface area (Å²) in [6.07, 6.45) is -4.88. The Morgan fingerprint density at radius 2 is 1.79 bits per heavy atom. The largest absolute Gasteiger partial charge is 0.488 e. The third-order valence-corrected chi connectivity index (χ3v) is 9.05. The van der Waals surface area contributed by atoms with Gasteiger partial charge in [0.05, 0.1) is 27.3 Å². The quantitative estimate of drug-likeness (QED) is 0.217. The first-order valence-corrected chi connectivity index (χ1v) is 15.2. The van der Waals surface area contributed by atoms with Crippen molar-refractivity contribution in [3.63, 3.8) is 0 Å². The molecule has 43 heavy (non-hydrogen) atoms. The minimum absolute atomic E-state index is 0.116. The molecule has 2 unspecified atom stereocenters. The number of alkyl carbamates (subject to hydrolysis) is 1. The van der Waals surface area contributed by atoms with E-state index in [-0.39, 0.29) is 34.9 Å². The zero-order valence-corrected chi connectivity index (χ0v) is 25.3. The van der Waals surface area contributed by atoms with Crippen molar-refractivity contribution in [2.24, 2.45) is 0 Å². The molecule has 2 atom stereocenters. The molecule has 0 saturated heterocycles. The fourth-order valence-electron chi connectivity index (χ4n) is 4.75. The Bertz CT molecular complexity index is 1650. The molecule has 1 aliphatic heterocycles. The molecule has 0 fully saturated rings. The Balaban J connectivity index is 1.75.